The number of nitrogens with zero attached hydrogens (tertiary/aromatic N) is 1. The molecule has 2 N–H and O–H groups in total. The first-order chi connectivity index (χ1) is 17.0. The summed E-state index contributed by atoms with van der Waals surface area (Å²) in [6.07, 6.45) is 0.602. The van der Waals surface area contributed by atoms with E-state index in [1.165, 1.54) is 12.1 Å². The lowest BCUT2D eigenvalue weighted by Gasteiger charge is -2.07. The van der Waals surface area contributed by atoms with E-state index in [4.69, 9.17) is 4.42 Å². The van der Waals surface area contributed by atoms with E-state index in [1.807, 2.05) is 48.5 Å². The average molecular weight is 462 g/mol. The maximum atomic E-state index is 13.6. The number of halogens is 1. The normalized spacial score (nSPS) is 11.3. The molecule has 170 valence electrons. The molecular formula is C29H19FN2O3. The van der Waals surface area contributed by atoms with Crippen molar-refractivity contribution < 1.29 is 18.7 Å². The van der Waals surface area contributed by atoms with Gasteiger partial charge in [-0.2, -0.15) is 0 Å². The topological polar surface area (TPSA) is 79.1 Å². The second kappa shape index (κ2) is 8.25. The lowest BCUT2D eigenvalue weighted by atomic mass is 10.0. The molecule has 0 aliphatic carbocycles. The number of rotatable bonds is 5. The predicted molar refractivity (Wildman–Crippen MR) is 132 cm³/mol. The Balaban J connectivity index is 1.30. The zero-order chi connectivity index (χ0) is 23.9. The molecule has 0 aliphatic heterocycles. The van der Waals surface area contributed by atoms with Crippen LogP contribution in [0.1, 0.15) is 27.2 Å². The van der Waals surface area contributed by atoms with Gasteiger partial charge in [-0.05, 0) is 66.1 Å². The number of hydrogen-bond acceptors (Lipinski definition) is 4. The highest BCUT2D eigenvalue weighted by molar-refractivity contribution is 6.09. The Morgan fingerprint density at radius 1 is 0.914 bits per heavy atom. The molecule has 4 aromatic carbocycles. The van der Waals surface area contributed by atoms with Crippen LogP contribution in [0.4, 0.5) is 4.39 Å². The molecule has 6 heteroatoms. The van der Waals surface area contributed by atoms with Gasteiger partial charge in [-0.1, -0.05) is 42.5 Å². The summed E-state index contributed by atoms with van der Waals surface area (Å²) in [4.78, 5) is 20.3. The third kappa shape index (κ3) is 3.95. The summed E-state index contributed by atoms with van der Waals surface area (Å²) < 4.78 is 19.4. The van der Waals surface area contributed by atoms with Gasteiger partial charge in [0, 0.05) is 10.9 Å². The number of imidazole rings is 1. The summed E-state index contributed by atoms with van der Waals surface area (Å²) in [6.45, 7) is 0. The van der Waals surface area contributed by atoms with Crippen LogP contribution in [0.3, 0.4) is 0 Å². The summed E-state index contributed by atoms with van der Waals surface area (Å²) >= 11 is 0. The van der Waals surface area contributed by atoms with Crippen LogP contribution in [0.2, 0.25) is 0 Å². The van der Waals surface area contributed by atoms with Gasteiger partial charge >= 0.3 is 0 Å². The predicted octanol–water partition coefficient (Wildman–Crippen LogP) is 6.64. The van der Waals surface area contributed by atoms with Crippen molar-refractivity contribution in [2.24, 2.45) is 0 Å². The molecule has 0 unspecified atom stereocenters. The Labute approximate surface area is 199 Å². The van der Waals surface area contributed by atoms with Crippen LogP contribution in [0.25, 0.3) is 33.4 Å². The van der Waals surface area contributed by atoms with Gasteiger partial charge < -0.3 is 14.5 Å². The van der Waals surface area contributed by atoms with Crippen LogP contribution in [0, 0.1) is 5.82 Å². The molecule has 0 amide bonds. The Morgan fingerprint density at radius 3 is 2.57 bits per heavy atom. The highest BCUT2D eigenvalue weighted by atomic mass is 19.1. The van der Waals surface area contributed by atoms with Gasteiger partial charge in [0.25, 0.3) is 0 Å². The average Bonchev–Trinajstić information content (AvgIpc) is 3.49. The van der Waals surface area contributed by atoms with Crippen molar-refractivity contribution in [3.63, 3.8) is 0 Å². The van der Waals surface area contributed by atoms with Gasteiger partial charge in [-0.3, -0.25) is 4.79 Å². The molecule has 35 heavy (non-hydrogen) atoms. The van der Waals surface area contributed by atoms with Gasteiger partial charge in [0.15, 0.2) is 5.76 Å². The smallest absolute Gasteiger partial charge is 0.228 e. The quantitative estimate of drug-likeness (QED) is 0.281. The number of hydrogen-bond donors (Lipinski definition) is 2. The van der Waals surface area contributed by atoms with E-state index in [0.29, 0.717) is 45.7 Å². The van der Waals surface area contributed by atoms with Gasteiger partial charge in [0.1, 0.15) is 23.0 Å². The largest absolute Gasteiger partial charge is 0.507 e. The number of carbonyl (C=O) groups is 1. The first kappa shape index (κ1) is 20.9. The number of H-pyrrole nitrogens is 1. The number of phenolic OH excluding ortho intramolecular Hbond substituents is 1. The number of fused-ring (bicyclic) bond motifs is 2. The van der Waals surface area contributed by atoms with Crippen LogP contribution < -0.4 is 0 Å². The number of furan rings is 1. The first-order valence-electron chi connectivity index (χ1n) is 11.1. The fraction of sp³-hybridized carbons (Fsp3) is 0.0345. The number of aromatic hydroxyl groups is 1. The Kier molecular flexibility index (Phi) is 4.92. The lowest BCUT2D eigenvalue weighted by molar-refractivity contribution is 0.101. The van der Waals surface area contributed by atoms with E-state index >= 15 is 0 Å². The zero-order valence-electron chi connectivity index (χ0n) is 18.5. The van der Waals surface area contributed by atoms with Crippen molar-refractivity contribution in [2.75, 3.05) is 0 Å². The SMILES string of the molecule is O=C(c1ccccc1)c1cc2cc(Cc3ccc(O)c(-c4nc5ccc(F)cc5[nH]4)c3)ccc2o1. The van der Waals surface area contributed by atoms with E-state index in [2.05, 4.69) is 9.97 Å². The van der Waals surface area contributed by atoms with E-state index in [-0.39, 0.29) is 17.3 Å². The van der Waals surface area contributed by atoms with Crippen molar-refractivity contribution in [1.82, 2.24) is 9.97 Å². The van der Waals surface area contributed by atoms with Gasteiger partial charge in [0.05, 0.1) is 16.6 Å². The number of aromatic amines is 1. The minimum atomic E-state index is -0.353. The third-order valence-electron chi connectivity index (χ3n) is 6.01. The molecule has 0 saturated heterocycles. The van der Waals surface area contributed by atoms with Gasteiger partial charge in [0.2, 0.25) is 5.78 Å². The first-order valence-corrected chi connectivity index (χ1v) is 11.1. The zero-order valence-corrected chi connectivity index (χ0v) is 18.5. The number of phenols is 1. The van der Waals surface area contributed by atoms with E-state index in [0.717, 1.165) is 16.5 Å². The minimum Gasteiger partial charge on any atom is -0.507 e. The standard InChI is InChI=1S/C29H19FN2O3/c30-21-8-9-23-24(16-21)32-29(31-23)22-14-18(6-10-25(22)33)12-17-7-11-26-20(13-17)15-27(35-26)28(34)19-4-2-1-3-5-19/h1-11,13-16,33H,12H2,(H,31,32). The molecule has 0 bridgehead atoms. The number of benzene rings is 4. The molecule has 0 atom stereocenters. The van der Waals surface area contributed by atoms with Crippen LogP contribution in [-0.2, 0) is 6.42 Å². The maximum Gasteiger partial charge on any atom is 0.228 e. The monoisotopic (exact) mass is 462 g/mol. The molecule has 2 aromatic heterocycles. The molecule has 2 heterocycles. The fourth-order valence-electron chi connectivity index (χ4n) is 4.27. The number of carbonyl (C=O) groups excluding carboxylic acids is 1. The van der Waals surface area contributed by atoms with E-state index < -0.39 is 0 Å². The fourth-order valence-corrected chi connectivity index (χ4v) is 4.27. The molecule has 6 aromatic rings. The summed E-state index contributed by atoms with van der Waals surface area (Å²) in [7, 11) is 0. The summed E-state index contributed by atoms with van der Waals surface area (Å²) in [6, 6.07) is 26.3. The molecule has 0 saturated carbocycles. The Bertz CT molecular complexity index is 1720. The van der Waals surface area contributed by atoms with E-state index in [1.54, 1.807) is 30.3 Å². The minimum absolute atomic E-state index is 0.0858. The summed E-state index contributed by atoms with van der Waals surface area (Å²) in [5, 5.41) is 11.3. The van der Waals surface area contributed by atoms with Crippen LogP contribution in [0.5, 0.6) is 5.75 Å². The van der Waals surface area contributed by atoms with Crippen molar-refractivity contribution in [3.05, 3.63) is 119 Å². The molecule has 0 fully saturated rings. The number of nitrogens with one attached hydrogen (secondary N) is 1. The summed E-state index contributed by atoms with van der Waals surface area (Å²) in [5.41, 5.74) is 4.95. The molecular weight excluding hydrogens is 443 g/mol. The Morgan fingerprint density at radius 2 is 1.71 bits per heavy atom. The number of ketones is 1. The third-order valence-corrected chi connectivity index (χ3v) is 6.01. The van der Waals surface area contributed by atoms with Crippen molar-refractivity contribution in [1.29, 1.82) is 0 Å². The molecule has 5 nitrogen and oxygen atoms in total. The van der Waals surface area contributed by atoms with Crippen LogP contribution in [-0.4, -0.2) is 20.9 Å². The van der Waals surface area contributed by atoms with Crippen molar-refractivity contribution >= 4 is 27.8 Å². The highest BCUT2D eigenvalue weighted by Crippen LogP contribution is 2.31. The second-order valence-electron chi connectivity index (χ2n) is 8.45. The molecule has 0 aliphatic rings. The van der Waals surface area contributed by atoms with Crippen molar-refractivity contribution in [2.45, 2.75) is 6.42 Å². The van der Waals surface area contributed by atoms with Crippen LogP contribution in [0.15, 0.2) is 95.4 Å². The van der Waals surface area contributed by atoms with E-state index in [9.17, 15) is 14.3 Å². The molecule has 0 radical (unpaired) electrons. The van der Waals surface area contributed by atoms with Crippen LogP contribution >= 0.6 is 0 Å². The maximum absolute atomic E-state index is 13.6. The lowest BCUT2D eigenvalue weighted by Crippen LogP contribution is -1.98. The van der Waals surface area contributed by atoms with Gasteiger partial charge in [-0.15, -0.1) is 0 Å². The summed E-state index contributed by atoms with van der Waals surface area (Å²) in [5.74, 6) is 0.352. The van der Waals surface area contributed by atoms with Crippen molar-refractivity contribution in [3.8, 4) is 17.1 Å². The molecule has 0 spiro atoms. The number of aromatic nitrogens is 2. The highest BCUT2D eigenvalue weighted by Gasteiger charge is 2.15. The van der Waals surface area contributed by atoms with Gasteiger partial charge in [-0.25, -0.2) is 9.37 Å². The second-order valence-corrected chi connectivity index (χ2v) is 8.45. The Hall–Kier alpha value is -4.71. The molecule has 6 rings (SSSR count).